The second-order valence-electron chi connectivity index (χ2n) is 6.56. The van der Waals surface area contributed by atoms with Crippen molar-refractivity contribution >= 4 is 15.9 Å². The second kappa shape index (κ2) is 5.92. The molecule has 2 atom stereocenters. The van der Waals surface area contributed by atoms with E-state index in [9.17, 15) is 4.39 Å². The van der Waals surface area contributed by atoms with Crippen LogP contribution in [0.5, 0.6) is 0 Å². The fourth-order valence-corrected chi connectivity index (χ4v) is 3.63. The Hall–Kier alpha value is -0.410. The van der Waals surface area contributed by atoms with Crippen LogP contribution in [0.15, 0.2) is 22.7 Å². The maximum atomic E-state index is 13.4. The highest BCUT2D eigenvalue weighted by Gasteiger charge is 2.32. The third-order valence-corrected chi connectivity index (χ3v) is 4.74. The van der Waals surface area contributed by atoms with E-state index in [1.165, 1.54) is 12.5 Å². The van der Waals surface area contributed by atoms with Gasteiger partial charge in [-0.2, -0.15) is 0 Å². The molecule has 0 heterocycles. The summed E-state index contributed by atoms with van der Waals surface area (Å²) in [5.41, 5.74) is 1.23. The maximum Gasteiger partial charge on any atom is 0.137 e. The van der Waals surface area contributed by atoms with Crippen LogP contribution in [0.1, 0.15) is 45.6 Å². The molecule has 1 saturated carbocycles. The molecule has 0 bridgehead atoms. The fourth-order valence-electron chi connectivity index (χ4n) is 3.25. The van der Waals surface area contributed by atoms with Crippen molar-refractivity contribution in [1.29, 1.82) is 0 Å². The Labute approximate surface area is 123 Å². The minimum absolute atomic E-state index is 0.224. The summed E-state index contributed by atoms with van der Waals surface area (Å²) in [6.45, 7) is 7.37. The number of ether oxygens (including phenoxy) is 1. The van der Waals surface area contributed by atoms with Gasteiger partial charge in [-0.1, -0.05) is 32.9 Å². The van der Waals surface area contributed by atoms with Gasteiger partial charge in [0.15, 0.2) is 0 Å². The number of hydrogen-bond acceptors (Lipinski definition) is 1. The van der Waals surface area contributed by atoms with E-state index in [0.717, 1.165) is 18.4 Å². The van der Waals surface area contributed by atoms with E-state index in [1.54, 1.807) is 6.07 Å². The summed E-state index contributed by atoms with van der Waals surface area (Å²) in [5.74, 6) is 0.475. The summed E-state index contributed by atoms with van der Waals surface area (Å²) in [6, 6.07) is 5.09. The third kappa shape index (κ3) is 4.03. The second-order valence-corrected chi connectivity index (χ2v) is 7.35. The van der Waals surface area contributed by atoms with E-state index < -0.39 is 0 Å². The fraction of sp³-hybridized carbons (Fsp3) is 0.625. The van der Waals surface area contributed by atoms with Crippen molar-refractivity contribution in [2.24, 2.45) is 11.3 Å². The van der Waals surface area contributed by atoms with Crippen molar-refractivity contribution in [1.82, 2.24) is 0 Å². The predicted molar refractivity (Wildman–Crippen MR) is 79.5 cm³/mol. The number of hydrogen-bond donors (Lipinski definition) is 0. The summed E-state index contributed by atoms with van der Waals surface area (Å²) in [6.07, 6.45) is 3.74. The molecule has 1 nitrogen and oxygen atoms in total. The Morgan fingerprint density at radius 3 is 2.79 bits per heavy atom. The van der Waals surface area contributed by atoms with Crippen molar-refractivity contribution < 1.29 is 9.13 Å². The minimum atomic E-state index is -0.224. The maximum absolute atomic E-state index is 13.4. The monoisotopic (exact) mass is 328 g/mol. The van der Waals surface area contributed by atoms with E-state index in [-0.39, 0.29) is 11.9 Å². The minimum Gasteiger partial charge on any atom is -0.373 e. The molecule has 3 heteroatoms. The molecule has 1 aromatic rings. The van der Waals surface area contributed by atoms with Crippen molar-refractivity contribution in [2.75, 3.05) is 0 Å². The van der Waals surface area contributed by atoms with Crippen LogP contribution in [-0.4, -0.2) is 6.10 Å². The third-order valence-electron chi connectivity index (χ3n) is 3.85. The quantitative estimate of drug-likeness (QED) is 0.729. The molecular formula is C16H22BrFO. The van der Waals surface area contributed by atoms with Crippen molar-refractivity contribution in [3.05, 3.63) is 34.1 Å². The average molecular weight is 329 g/mol. The van der Waals surface area contributed by atoms with E-state index in [4.69, 9.17) is 4.74 Å². The van der Waals surface area contributed by atoms with Crippen molar-refractivity contribution in [3.63, 3.8) is 0 Å². The lowest BCUT2D eigenvalue weighted by atomic mass is 9.71. The van der Waals surface area contributed by atoms with Crippen LogP contribution >= 0.6 is 15.9 Å². The molecule has 0 saturated heterocycles. The molecule has 2 unspecified atom stereocenters. The molecule has 0 radical (unpaired) electrons. The van der Waals surface area contributed by atoms with Gasteiger partial charge in [-0.25, -0.2) is 4.39 Å². The first kappa shape index (κ1) is 15.0. The Balaban J connectivity index is 1.97. The van der Waals surface area contributed by atoms with E-state index in [2.05, 4.69) is 36.7 Å². The summed E-state index contributed by atoms with van der Waals surface area (Å²) in [7, 11) is 0. The normalized spacial score (nSPS) is 26.4. The molecule has 0 amide bonds. The van der Waals surface area contributed by atoms with E-state index in [0.29, 0.717) is 22.4 Å². The van der Waals surface area contributed by atoms with Gasteiger partial charge in [-0.3, -0.25) is 0 Å². The first-order valence-corrected chi connectivity index (χ1v) is 7.71. The summed E-state index contributed by atoms with van der Waals surface area (Å²) in [4.78, 5) is 0. The molecular weight excluding hydrogens is 307 g/mol. The molecule has 19 heavy (non-hydrogen) atoms. The van der Waals surface area contributed by atoms with Gasteiger partial charge in [-0.05, 0) is 58.2 Å². The van der Waals surface area contributed by atoms with Gasteiger partial charge >= 0.3 is 0 Å². The first-order valence-electron chi connectivity index (χ1n) is 6.92. The molecule has 1 aliphatic rings. The van der Waals surface area contributed by atoms with Gasteiger partial charge in [0.2, 0.25) is 0 Å². The molecule has 1 aliphatic carbocycles. The molecule has 2 rings (SSSR count). The van der Waals surface area contributed by atoms with Crippen LogP contribution in [0.3, 0.4) is 0 Å². The number of rotatable bonds is 3. The lowest BCUT2D eigenvalue weighted by molar-refractivity contribution is -0.0318. The van der Waals surface area contributed by atoms with Crippen LogP contribution in [0.25, 0.3) is 0 Å². The largest absolute Gasteiger partial charge is 0.373 e. The predicted octanol–water partition coefficient (Wildman–Crippen LogP) is 5.32. The molecule has 1 aromatic carbocycles. The molecule has 0 aromatic heterocycles. The lowest BCUT2D eigenvalue weighted by Crippen LogP contribution is -2.32. The Kier molecular flexibility index (Phi) is 4.67. The highest BCUT2D eigenvalue weighted by Crippen LogP contribution is 2.40. The van der Waals surface area contributed by atoms with Crippen molar-refractivity contribution in [2.45, 2.75) is 52.7 Å². The van der Waals surface area contributed by atoms with Crippen LogP contribution < -0.4 is 0 Å². The molecule has 1 fully saturated rings. The SMILES string of the molecule is CC1CC(OCc2cccc(F)c2Br)CC(C)(C)C1. The van der Waals surface area contributed by atoms with Crippen LogP contribution in [0, 0.1) is 17.2 Å². The van der Waals surface area contributed by atoms with Gasteiger partial charge in [0.05, 0.1) is 17.2 Å². The van der Waals surface area contributed by atoms with Gasteiger partial charge in [0.25, 0.3) is 0 Å². The first-order chi connectivity index (χ1) is 8.87. The number of halogens is 2. The van der Waals surface area contributed by atoms with Gasteiger partial charge in [-0.15, -0.1) is 0 Å². The Bertz CT molecular complexity index is 444. The molecule has 106 valence electrons. The topological polar surface area (TPSA) is 9.23 Å². The Morgan fingerprint density at radius 1 is 1.37 bits per heavy atom. The van der Waals surface area contributed by atoms with Gasteiger partial charge < -0.3 is 4.74 Å². The lowest BCUT2D eigenvalue weighted by Gasteiger charge is -2.38. The summed E-state index contributed by atoms with van der Waals surface area (Å²) >= 11 is 3.28. The smallest absolute Gasteiger partial charge is 0.137 e. The van der Waals surface area contributed by atoms with Gasteiger partial charge in [0.1, 0.15) is 5.82 Å². The zero-order valence-corrected chi connectivity index (χ0v) is 13.5. The highest BCUT2D eigenvalue weighted by atomic mass is 79.9. The number of benzene rings is 1. The van der Waals surface area contributed by atoms with E-state index in [1.807, 2.05) is 6.07 Å². The standard InChI is InChI=1S/C16H22BrFO/c1-11-7-13(9-16(2,3)8-11)19-10-12-5-4-6-14(18)15(12)17/h4-6,11,13H,7-10H2,1-3H3. The zero-order valence-electron chi connectivity index (χ0n) is 11.9. The summed E-state index contributed by atoms with van der Waals surface area (Å²) in [5, 5.41) is 0. The highest BCUT2D eigenvalue weighted by molar-refractivity contribution is 9.10. The molecule has 0 spiro atoms. The van der Waals surface area contributed by atoms with E-state index >= 15 is 0 Å². The molecule has 0 N–H and O–H groups in total. The average Bonchev–Trinajstić information content (AvgIpc) is 2.28. The zero-order chi connectivity index (χ0) is 14.0. The summed E-state index contributed by atoms with van der Waals surface area (Å²) < 4.78 is 20.0. The van der Waals surface area contributed by atoms with Crippen molar-refractivity contribution in [3.8, 4) is 0 Å². The molecule has 0 aliphatic heterocycles. The van der Waals surface area contributed by atoms with Crippen LogP contribution in [0.2, 0.25) is 0 Å². The van der Waals surface area contributed by atoms with Crippen LogP contribution in [0.4, 0.5) is 4.39 Å². The Morgan fingerprint density at radius 2 is 2.11 bits per heavy atom. The van der Waals surface area contributed by atoms with Gasteiger partial charge in [0, 0.05) is 0 Å². The van der Waals surface area contributed by atoms with Crippen LogP contribution in [-0.2, 0) is 11.3 Å².